The molecular weight excluding hydrogens is 318 g/mol. The van der Waals surface area contributed by atoms with Crippen molar-refractivity contribution in [3.63, 3.8) is 0 Å². The Hall–Kier alpha value is -2.93. The third-order valence-corrected chi connectivity index (χ3v) is 4.44. The molecular formula is C18H19N5O2. The summed E-state index contributed by atoms with van der Waals surface area (Å²) in [5, 5.41) is 20.7. The van der Waals surface area contributed by atoms with Gasteiger partial charge in [0.2, 0.25) is 5.88 Å². The molecule has 7 heteroatoms. The van der Waals surface area contributed by atoms with E-state index in [0.29, 0.717) is 16.9 Å². The molecule has 128 valence electrons. The number of benzene rings is 1. The lowest BCUT2D eigenvalue weighted by molar-refractivity contribution is 0.0931. The summed E-state index contributed by atoms with van der Waals surface area (Å²) in [6.07, 6.45) is 3.25. The van der Waals surface area contributed by atoms with Crippen LogP contribution in [-0.4, -0.2) is 44.7 Å². The van der Waals surface area contributed by atoms with Gasteiger partial charge in [-0.05, 0) is 25.9 Å². The number of hydrogen-bond acceptors (Lipinski definition) is 5. The standard InChI is InChI=1S/C18H19N5O2/c24-16-10-15(12-4-2-1-3-5-12)22-17-14(11-20-23(16)17)18(25)21-13-6-8-19-9-7-13/h1-5,10-11,13,19,24H,6-9H2,(H,21,25). The first-order chi connectivity index (χ1) is 12.2. The maximum Gasteiger partial charge on any atom is 0.256 e. The molecule has 0 spiro atoms. The monoisotopic (exact) mass is 337 g/mol. The van der Waals surface area contributed by atoms with Crippen molar-refractivity contribution in [1.29, 1.82) is 0 Å². The molecule has 1 amide bonds. The van der Waals surface area contributed by atoms with Gasteiger partial charge in [0.25, 0.3) is 5.91 Å². The molecule has 0 saturated carbocycles. The molecule has 3 N–H and O–H groups in total. The smallest absolute Gasteiger partial charge is 0.256 e. The summed E-state index contributed by atoms with van der Waals surface area (Å²) in [5.41, 5.74) is 2.19. The van der Waals surface area contributed by atoms with E-state index in [2.05, 4.69) is 20.7 Å². The number of fused-ring (bicyclic) bond motifs is 1. The quantitative estimate of drug-likeness (QED) is 0.675. The zero-order valence-corrected chi connectivity index (χ0v) is 13.6. The van der Waals surface area contributed by atoms with Gasteiger partial charge in [-0.15, -0.1) is 0 Å². The molecule has 0 unspecified atom stereocenters. The summed E-state index contributed by atoms with van der Waals surface area (Å²) < 4.78 is 1.28. The molecule has 3 heterocycles. The van der Waals surface area contributed by atoms with Crippen LogP contribution in [0.15, 0.2) is 42.6 Å². The fourth-order valence-electron chi connectivity index (χ4n) is 3.09. The number of piperidine rings is 1. The van der Waals surface area contributed by atoms with E-state index < -0.39 is 0 Å². The molecule has 4 rings (SSSR count). The van der Waals surface area contributed by atoms with E-state index in [-0.39, 0.29) is 17.8 Å². The maximum absolute atomic E-state index is 12.6. The van der Waals surface area contributed by atoms with Crippen LogP contribution >= 0.6 is 0 Å². The van der Waals surface area contributed by atoms with E-state index in [1.54, 1.807) is 6.07 Å². The van der Waals surface area contributed by atoms with Gasteiger partial charge in [-0.25, -0.2) is 4.98 Å². The van der Waals surface area contributed by atoms with E-state index in [1.807, 2.05) is 30.3 Å². The van der Waals surface area contributed by atoms with Crippen LogP contribution in [-0.2, 0) is 0 Å². The van der Waals surface area contributed by atoms with Gasteiger partial charge in [0, 0.05) is 17.7 Å². The second-order valence-corrected chi connectivity index (χ2v) is 6.16. The van der Waals surface area contributed by atoms with E-state index in [9.17, 15) is 9.90 Å². The minimum absolute atomic E-state index is 0.0511. The summed E-state index contributed by atoms with van der Waals surface area (Å²) in [5.74, 6) is -0.260. The molecule has 7 nitrogen and oxygen atoms in total. The largest absolute Gasteiger partial charge is 0.493 e. The maximum atomic E-state index is 12.6. The highest BCUT2D eigenvalue weighted by Crippen LogP contribution is 2.24. The fourth-order valence-corrected chi connectivity index (χ4v) is 3.09. The van der Waals surface area contributed by atoms with Crippen LogP contribution in [0.25, 0.3) is 16.9 Å². The van der Waals surface area contributed by atoms with Crippen LogP contribution < -0.4 is 10.6 Å². The van der Waals surface area contributed by atoms with Crippen molar-refractivity contribution in [2.24, 2.45) is 0 Å². The third kappa shape index (κ3) is 3.06. The molecule has 1 aliphatic rings. The number of rotatable bonds is 3. The molecule has 0 atom stereocenters. The zero-order chi connectivity index (χ0) is 17.2. The minimum Gasteiger partial charge on any atom is -0.493 e. The Morgan fingerprint density at radius 2 is 2.00 bits per heavy atom. The van der Waals surface area contributed by atoms with Gasteiger partial charge >= 0.3 is 0 Å². The van der Waals surface area contributed by atoms with E-state index >= 15 is 0 Å². The summed E-state index contributed by atoms with van der Waals surface area (Å²) in [6.45, 7) is 1.80. The third-order valence-electron chi connectivity index (χ3n) is 4.44. The van der Waals surface area contributed by atoms with Gasteiger partial charge in [-0.3, -0.25) is 4.79 Å². The summed E-state index contributed by atoms with van der Waals surface area (Å²) in [4.78, 5) is 17.2. The van der Waals surface area contributed by atoms with Gasteiger partial charge in [0.1, 0.15) is 5.56 Å². The Kier molecular flexibility index (Phi) is 4.07. The number of carbonyl (C=O) groups excluding carboxylic acids is 1. The number of aromatic hydroxyl groups is 1. The number of aromatic nitrogens is 3. The van der Waals surface area contributed by atoms with Gasteiger partial charge < -0.3 is 15.7 Å². The van der Waals surface area contributed by atoms with Crippen LogP contribution in [0.5, 0.6) is 5.88 Å². The van der Waals surface area contributed by atoms with Crippen LogP contribution in [0.4, 0.5) is 0 Å². The first kappa shape index (κ1) is 15.6. The van der Waals surface area contributed by atoms with Crippen molar-refractivity contribution in [3.05, 3.63) is 48.2 Å². The number of amides is 1. The van der Waals surface area contributed by atoms with Crippen LogP contribution in [0.3, 0.4) is 0 Å². The van der Waals surface area contributed by atoms with Gasteiger partial charge in [0.15, 0.2) is 5.65 Å². The van der Waals surface area contributed by atoms with E-state index in [0.717, 1.165) is 31.5 Å². The lowest BCUT2D eigenvalue weighted by atomic mass is 10.1. The van der Waals surface area contributed by atoms with Crippen LogP contribution in [0, 0.1) is 0 Å². The van der Waals surface area contributed by atoms with Crippen molar-refractivity contribution in [3.8, 4) is 17.1 Å². The average Bonchev–Trinajstić information content (AvgIpc) is 3.08. The molecule has 25 heavy (non-hydrogen) atoms. The topological polar surface area (TPSA) is 91.6 Å². The SMILES string of the molecule is O=C(NC1CCNCC1)c1cnn2c(O)cc(-c3ccccc3)nc12. The number of nitrogens with one attached hydrogen (secondary N) is 2. The Morgan fingerprint density at radius 1 is 1.24 bits per heavy atom. The zero-order valence-electron chi connectivity index (χ0n) is 13.6. The van der Waals surface area contributed by atoms with Crippen molar-refractivity contribution < 1.29 is 9.90 Å². The molecule has 0 aliphatic carbocycles. The second kappa shape index (κ2) is 6.52. The highest BCUT2D eigenvalue weighted by atomic mass is 16.3. The van der Waals surface area contributed by atoms with Crippen LogP contribution in [0.2, 0.25) is 0 Å². The Balaban J connectivity index is 1.69. The predicted molar refractivity (Wildman–Crippen MR) is 93.4 cm³/mol. The van der Waals surface area contributed by atoms with E-state index in [1.165, 1.54) is 10.7 Å². The summed E-state index contributed by atoms with van der Waals surface area (Å²) in [6, 6.07) is 11.2. The van der Waals surface area contributed by atoms with Crippen molar-refractivity contribution >= 4 is 11.6 Å². The predicted octanol–water partition coefficient (Wildman–Crippen LogP) is 1.58. The van der Waals surface area contributed by atoms with Crippen molar-refractivity contribution in [2.45, 2.75) is 18.9 Å². The van der Waals surface area contributed by atoms with Gasteiger partial charge in [0.05, 0.1) is 11.9 Å². The normalized spacial score (nSPS) is 15.4. The van der Waals surface area contributed by atoms with Crippen molar-refractivity contribution in [2.75, 3.05) is 13.1 Å². The molecule has 3 aromatic rings. The number of hydrogen-bond donors (Lipinski definition) is 3. The van der Waals surface area contributed by atoms with Gasteiger partial charge in [-0.1, -0.05) is 30.3 Å². The number of carbonyl (C=O) groups is 1. The Morgan fingerprint density at radius 3 is 2.76 bits per heavy atom. The average molecular weight is 337 g/mol. The Bertz CT molecular complexity index is 900. The summed E-state index contributed by atoms with van der Waals surface area (Å²) in [7, 11) is 0. The molecule has 1 aromatic carbocycles. The highest BCUT2D eigenvalue weighted by molar-refractivity contribution is 6.00. The van der Waals surface area contributed by atoms with Crippen LogP contribution in [0.1, 0.15) is 23.2 Å². The molecule has 2 aromatic heterocycles. The molecule has 0 bridgehead atoms. The van der Waals surface area contributed by atoms with Gasteiger partial charge in [-0.2, -0.15) is 9.61 Å². The summed E-state index contributed by atoms with van der Waals surface area (Å²) >= 11 is 0. The molecule has 1 saturated heterocycles. The minimum atomic E-state index is -0.209. The van der Waals surface area contributed by atoms with E-state index in [4.69, 9.17) is 0 Å². The Labute approximate surface area is 144 Å². The number of nitrogens with zero attached hydrogens (tertiary/aromatic N) is 3. The lowest BCUT2D eigenvalue weighted by Gasteiger charge is -2.23. The molecule has 0 radical (unpaired) electrons. The second-order valence-electron chi connectivity index (χ2n) is 6.16. The molecule has 1 aliphatic heterocycles. The van der Waals surface area contributed by atoms with Crippen molar-refractivity contribution in [1.82, 2.24) is 25.2 Å². The fraction of sp³-hybridized carbons (Fsp3) is 0.278. The lowest BCUT2D eigenvalue weighted by Crippen LogP contribution is -2.42. The first-order valence-electron chi connectivity index (χ1n) is 8.37. The molecule has 1 fully saturated rings. The highest BCUT2D eigenvalue weighted by Gasteiger charge is 2.21. The first-order valence-corrected chi connectivity index (χ1v) is 8.37.